The highest BCUT2D eigenvalue weighted by molar-refractivity contribution is 5.90. The summed E-state index contributed by atoms with van der Waals surface area (Å²) in [5.74, 6) is -0.885. The van der Waals surface area contributed by atoms with E-state index in [-0.39, 0.29) is 18.0 Å². The summed E-state index contributed by atoms with van der Waals surface area (Å²) in [4.78, 5) is 22.3. The first-order valence-electron chi connectivity index (χ1n) is 5.64. The van der Waals surface area contributed by atoms with Crippen molar-refractivity contribution in [3.63, 3.8) is 0 Å². The fraction of sp³-hybridized carbons (Fsp3) is 0.385. The highest BCUT2D eigenvalue weighted by Crippen LogP contribution is 2.19. The van der Waals surface area contributed by atoms with Gasteiger partial charge in [0.05, 0.1) is 19.3 Å². The molecule has 0 saturated heterocycles. The van der Waals surface area contributed by atoms with Crippen LogP contribution in [0.15, 0.2) is 18.2 Å². The molecular formula is C13H16O5. The number of aromatic carboxylic acids is 1. The fourth-order valence-corrected chi connectivity index (χ4v) is 1.57. The molecule has 0 aliphatic carbocycles. The lowest BCUT2D eigenvalue weighted by Gasteiger charge is -2.08. The second-order valence-corrected chi connectivity index (χ2v) is 3.63. The zero-order valence-electron chi connectivity index (χ0n) is 10.4. The third-order valence-electron chi connectivity index (χ3n) is 2.45. The Morgan fingerprint density at radius 3 is 2.61 bits per heavy atom. The molecule has 0 unspecified atom stereocenters. The van der Waals surface area contributed by atoms with Crippen molar-refractivity contribution in [1.29, 1.82) is 0 Å². The van der Waals surface area contributed by atoms with Crippen LogP contribution in [0.4, 0.5) is 0 Å². The molecule has 5 heteroatoms. The molecule has 0 aliphatic heterocycles. The highest BCUT2D eigenvalue weighted by Gasteiger charge is 2.13. The first-order chi connectivity index (χ1) is 8.58. The number of benzene rings is 1. The Hall–Kier alpha value is -2.04. The van der Waals surface area contributed by atoms with Gasteiger partial charge in [0.2, 0.25) is 0 Å². The monoisotopic (exact) mass is 252 g/mol. The number of carboxylic acid groups (broad SMARTS) is 1. The molecule has 0 atom stereocenters. The van der Waals surface area contributed by atoms with Crippen LogP contribution in [-0.2, 0) is 16.0 Å². The van der Waals surface area contributed by atoms with E-state index in [0.717, 1.165) is 0 Å². The summed E-state index contributed by atoms with van der Waals surface area (Å²) in [6, 6.07) is 4.78. The summed E-state index contributed by atoms with van der Waals surface area (Å²) >= 11 is 0. The van der Waals surface area contributed by atoms with Crippen molar-refractivity contribution in [3.05, 3.63) is 29.3 Å². The molecule has 0 aliphatic rings. The predicted octanol–water partition coefficient (Wildman–Crippen LogP) is 1.89. The smallest absolute Gasteiger partial charge is 0.336 e. The Kier molecular flexibility index (Phi) is 5.17. The van der Waals surface area contributed by atoms with Crippen LogP contribution < -0.4 is 4.74 Å². The summed E-state index contributed by atoms with van der Waals surface area (Å²) in [7, 11) is 1.47. The number of hydrogen-bond acceptors (Lipinski definition) is 4. The van der Waals surface area contributed by atoms with Crippen molar-refractivity contribution in [2.24, 2.45) is 0 Å². The molecule has 1 rings (SSSR count). The quantitative estimate of drug-likeness (QED) is 0.783. The maximum atomic E-state index is 11.2. The van der Waals surface area contributed by atoms with Gasteiger partial charge in [0.15, 0.2) is 0 Å². The van der Waals surface area contributed by atoms with Gasteiger partial charge in [-0.2, -0.15) is 0 Å². The van der Waals surface area contributed by atoms with Gasteiger partial charge in [-0.05, 0) is 31.0 Å². The molecule has 0 amide bonds. The number of hydrogen-bond donors (Lipinski definition) is 1. The molecule has 5 nitrogen and oxygen atoms in total. The summed E-state index contributed by atoms with van der Waals surface area (Å²) in [6.07, 6.45) is 0.505. The van der Waals surface area contributed by atoms with Crippen LogP contribution in [0.25, 0.3) is 0 Å². The van der Waals surface area contributed by atoms with E-state index in [2.05, 4.69) is 0 Å². The summed E-state index contributed by atoms with van der Waals surface area (Å²) in [6.45, 7) is 2.06. The number of esters is 1. The van der Waals surface area contributed by atoms with Crippen molar-refractivity contribution in [2.45, 2.75) is 19.8 Å². The van der Waals surface area contributed by atoms with E-state index < -0.39 is 5.97 Å². The Morgan fingerprint density at radius 1 is 1.33 bits per heavy atom. The van der Waals surface area contributed by atoms with Crippen molar-refractivity contribution in [2.75, 3.05) is 13.7 Å². The fourth-order valence-electron chi connectivity index (χ4n) is 1.57. The minimum absolute atomic E-state index is 0.152. The molecule has 98 valence electrons. The molecule has 0 spiro atoms. The largest absolute Gasteiger partial charge is 0.497 e. The van der Waals surface area contributed by atoms with Crippen LogP contribution >= 0.6 is 0 Å². The van der Waals surface area contributed by atoms with Gasteiger partial charge in [0.25, 0.3) is 0 Å². The maximum absolute atomic E-state index is 11.2. The van der Waals surface area contributed by atoms with Crippen molar-refractivity contribution >= 4 is 11.9 Å². The molecule has 1 aromatic rings. The topological polar surface area (TPSA) is 72.8 Å². The molecule has 0 fully saturated rings. The second kappa shape index (κ2) is 6.64. The van der Waals surface area contributed by atoms with Crippen LogP contribution in [0.5, 0.6) is 5.75 Å². The first kappa shape index (κ1) is 14.0. The number of carboxylic acids is 1. The molecule has 0 radical (unpaired) electrons. The van der Waals surface area contributed by atoms with Crippen LogP contribution in [0, 0.1) is 0 Å². The van der Waals surface area contributed by atoms with E-state index in [4.69, 9.17) is 14.6 Å². The van der Waals surface area contributed by atoms with Gasteiger partial charge in [-0.15, -0.1) is 0 Å². The Balaban J connectivity index is 2.81. The normalized spacial score (nSPS) is 9.89. The van der Waals surface area contributed by atoms with Crippen LogP contribution in [-0.4, -0.2) is 30.8 Å². The first-order valence-corrected chi connectivity index (χ1v) is 5.64. The zero-order valence-corrected chi connectivity index (χ0v) is 10.4. The number of carbonyl (C=O) groups is 2. The number of aryl methyl sites for hydroxylation is 1. The van der Waals surface area contributed by atoms with Crippen molar-refractivity contribution < 1.29 is 24.2 Å². The Labute approximate surface area is 105 Å². The van der Waals surface area contributed by atoms with Gasteiger partial charge in [0.1, 0.15) is 5.75 Å². The minimum Gasteiger partial charge on any atom is -0.497 e. The summed E-state index contributed by atoms with van der Waals surface area (Å²) in [5.41, 5.74) is 0.745. The van der Waals surface area contributed by atoms with E-state index >= 15 is 0 Å². The number of ether oxygens (including phenoxy) is 2. The average Bonchev–Trinajstić information content (AvgIpc) is 2.36. The van der Waals surface area contributed by atoms with E-state index in [1.54, 1.807) is 19.1 Å². The standard InChI is InChI=1S/C13H16O5/c1-3-18-12(14)7-5-9-4-6-10(17-2)8-11(9)13(15)16/h4,6,8H,3,5,7H2,1-2H3,(H,15,16). The van der Waals surface area contributed by atoms with Crippen LogP contribution in [0.3, 0.4) is 0 Å². The maximum Gasteiger partial charge on any atom is 0.336 e. The zero-order chi connectivity index (χ0) is 13.5. The molecule has 1 N–H and O–H groups in total. The number of carbonyl (C=O) groups excluding carboxylic acids is 1. The second-order valence-electron chi connectivity index (χ2n) is 3.63. The van der Waals surface area contributed by atoms with E-state index in [1.807, 2.05) is 0 Å². The lowest BCUT2D eigenvalue weighted by atomic mass is 10.0. The lowest BCUT2D eigenvalue weighted by molar-refractivity contribution is -0.143. The van der Waals surface area contributed by atoms with E-state index in [9.17, 15) is 9.59 Å². The van der Waals surface area contributed by atoms with Gasteiger partial charge < -0.3 is 14.6 Å². The van der Waals surface area contributed by atoms with Crippen LogP contribution in [0.2, 0.25) is 0 Å². The Bertz CT molecular complexity index is 439. The SMILES string of the molecule is CCOC(=O)CCc1ccc(OC)cc1C(=O)O. The van der Waals surface area contributed by atoms with Gasteiger partial charge >= 0.3 is 11.9 Å². The Morgan fingerprint density at radius 2 is 2.06 bits per heavy atom. The van der Waals surface area contributed by atoms with E-state index in [1.165, 1.54) is 13.2 Å². The molecule has 0 heterocycles. The van der Waals surface area contributed by atoms with E-state index in [0.29, 0.717) is 24.3 Å². The lowest BCUT2D eigenvalue weighted by Crippen LogP contribution is -2.08. The van der Waals surface area contributed by atoms with Crippen LogP contribution in [0.1, 0.15) is 29.3 Å². The molecular weight excluding hydrogens is 236 g/mol. The van der Waals surface area contributed by atoms with Gasteiger partial charge in [-0.25, -0.2) is 4.79 Å². The average molecular weight is 252 g/mol. The molecule has 0 bridgehead atoms. The molecule has 1 aromatic carbocycles. The van der Waals surface area contributed by atoms with Crippen molar-refractivity contribution in [3.8, 4) is 5.75 Å². The molecule has 18 heavy (non-hydrogen) atoms. The van der Waals surface area contributed by atoms with Gasteiger partial charge in [-0.3, -0.25) is 4.79 Å². The third kappa shape index (κ3) is 3.76. The number of rotatable bonds is 6. The summed E-state index contributed by atoms with van der Waals surface area (Å²) < 4.78 is 9.77. The van der Waals surface area contributed by atoms with Gasteiger partial charge in [0, 0.05) is 6.42 Å². The summed E-state index contributed by atoms with van der Waals surface area (Å²) in [5, 5.41) is 9.08. The number of methoxy groups -OCH3 is 1. The molecule has 0 aromatic heterocycles. The predicted molar refractivity (Wildman–Crippen MR) is 64.9 cm³/mol. The van der Waals surface area contributed by atoms with Gasteiger partial charge in [-0.1, -0.05) is 6.07 Å². The van der Waals surface area contributed by atoms with Crippen molar-refractivity contribution in [1.82, 2.24) is 0 Å². The third-order valence-corrected chi connectivity index (χ3v) is 2.45. The molecule has 0 saturated carbocycles. The highest BCUT2D eigenvalue weighted by atomic mass is 16.5. The minimum atomic E-state index is -1.03.